The second kappa shape index (κ2) is 9.58. The van der Waals surface area contributed by atoms with Gasteiger partial charge in [0.15, 0.2) is 0 Å². The normalized spacial score (nSPS) is 20.2. The highest BCUT2D eigenvalue weighted by Crippen LogP contribution is 2.22. The number of likely N-dealkylation sites (N-methyl/N-ethyl adjacent to an activating group) is 1. The molecule has 0 amide bonds. The zero-order valence-corrected chi connectivity index (χ0v) is 16.7. The lowest BCUT2D eigenvalue weighted by Crippen LogP contribution is -3.27. The Morgan fingerprint density at radius 1 is 1.04 bits per heavy atom. The highest BCUT2D eigenvalue weighted by atomic mass is 35.5. The Hall–Kier alpha value is -1.07. The summed E-state index contributed by atoms with van der Waals surface area (Å²) in [6, 6.07) is 7.91. The van der Waals surface area contributed by atoms with Crippen LogP contribution in [0.1, 0.15) is 37.8 Å². The fourth-order valence-electron chi connectivity index (χ4n) is 3.51. The standard InChI is InChI=1S/C19H26N2O2.2ClH/c1-4-20-7-9-21(10-8-20)13-16-12-19(22)23-18-6-5-15(14(2)3)11-17(16)18;;/h5-6,11-12,14H,4,7-10,13H2,1-3H3;2*1H. The van der Waals surface area contributed by atoms with Crippen LogP contribution in [0.4, 0.5) is 0 Å². The number of rotatable bonds is 4. The predicted molar refractivity (Wildman–Crippen MR) is 92.2 cm³/mol. The van der Waals surface area contributed by atoms with Crippen LogP contribution < -0.4 is 40.2 Å². The Morgan fingerprint density at radius 3 is 2.28 bits per heavy atom. The van der Waals surface area contributed by atoms with Crippen molar-refractivity contribution in [2.24, 2.45) is 0 Å². The summed E-state index contributed by atoms with van der Waals surface area (Å²) in [5.74, 6) is 0.475. The Morgan fingerprint density at radius 2 is 1.68 bits per heavy atom. The van der Waals surface area contributed by atoms with E-state index in [1.54, 1.807) is 15.9 Å². The van der Waals surface area contributed by atoms with Crippen molar-refractivity contribution in [3.05, 3.63) is 45.8 Å². The molecule has 140 valence electrons. The molecule has 0 radical (unpaired) electrons. The van der Waals surface area contributed by atoms with Crippen molar-refractivity contribution in [3.63, 3.8) is 0 Å². The number of benzene rings is 1. The molecule has 1 fully saturated rings. The monoisotopic (exact) mass is 386 g/mol. The molecule has 2 N–H and O–H groups in total. The molecule has 2 heterocycles. The zero-order chi connectivity index (χ0) is 16.4. The van der Waals surface area contributed by atoms with Crippen LogP contribution in [0.2, 0.25) is 0 Å². The van der Waals surface area contributed by atoms with Gasteiger partial charge in [-0.05, 0) is 30.5 Å². The highest BCUT2D eigenvalue weighted by Gasteiger charge is 2.22. The molecule has 3 rings (SSSR count). The first kappa shape index (κ1) is 22.0. The number of piperazine rings is 1. The number of hydrogen-bond donors (Lipinski definition) is 2. The fraction of sp³-hybridized carbons (Fsp3) is 0.526. The van der Waals surface area contributed by atoms with Crippen molar-refractivity contribution >= 4 is 11.0 Å². The van der Waals surface area contributed by atoms with E-state index in [4.69, 9.17) is 4.42 Å². The summed E-state index contributed by atoms with van der Waals surface area (Å²) < 4.78 is 5.39. The van der Waals surface area contributed by atoms with Crippen LogP contribution in [0.25, 0.3) is 11.0 Å². The fourth-order valence-corrected chi connectivity index (χ4v) is 3.51. The molecule has 0 aliphatic carbocycles. The van der Waals surface area contributed by atoms with E-state index in [9.17, 15) is 4.79 Å². The predicted octanol–water partition coefficient (Wildman–Crippen LogP) is -5.77. The molecular formula is C19H28Cl2N2O2. The molecular weight excluding hydrogens is 359 g/mol. The highest BCUT2D eigenvalue weighted by molar-refractivity contribution is 5.80. The molecule has 6 heteroatoms. The summed E-state index contributed by atoms with van der Waals surface area (Å²) in [7, 11) is 0. The van der Waals surface area contributed by atoms with Gasteiger partial charge in [-0.3, -0.25) is 0 Å². The molecule has 1 aliphatic heterocycles. The van der Waals surface area contributed by atoms with E-state index >= 15 is 0 Å². The van der Waals surface area contributed by atoms with Crippen molar-refractivity contribution < 1.29 is 39.0 Å². The van der Waals surface area contributed by atoms with Crippen LogP contribution in [0, 0.1) is 0 Å². The van der Waals surface area contributed by atoms with Gasteiger partial charge >= 0.3 is 5.63 Å². The summed E-state index contributed by atoms with van der Waals surface area (Å²) in [4.78, 5) is 15.1. The van der Waals surface area contributed by atoms with Gasteiger partial charge in [0.05, 0.1) is 6.54 Å². The van der Waals surface area contributed by atoms with Gasteiger partial charge in [-0.15, -0.1) is 0 Å². The van der Waals surface area contributed by atoms with Gasteiger partial charge < -0.3 is 39.0 Å². The van der Waals surface area contributed by atoms with Crippen LogP contribution in [0.5, 0.6) is 0 Å². The van der Waals surface area contributed by atoms with Gasteiger partial charge in [0.1, 0.15) is 38.3 Å². The van der Waals surface area contributed by atoms with Crippen LogP contribution >= 0.6 is 0 Å². The molecule has 1 aromatic carbocycles. The molecule has 2 aromatic rings. The number of nitrogens with one attached hydrogen (secondary N) is 2. The number of fused-ring (bicyclic) bond motifs is 1. The van der Waals surface area contributed by atoms with Crippen LogP contribution in [-0.2, 0) is 6.54 Å². The van der Waals surface area contributed by atoms with Gasteiger partial charge in [-0.25, -0.2) is 4.79 Å². The summed E-state index contributed by atoms with van der Waals surface area (Å²) >= 11 is 0. The maximum atomic E-state index is 11.9. The lowest BCUT2D eigenvalue weighted by atomic mass is 9.99. The Balaban J connectivity index is 0.00000156. The molecule has 0 unspecified atom stereocenters. The van der Waals surface area contributed by atoms with E-state index in [-0.39, 0.29) is 30.4 Å². The van der Waals surface area contributed by atoms with Gasteiger partial charge in [0.25, 0.3) is 0 Å². The maximum Gasteiger partial charge on any atom is 0.336 e. The topological polar surface area (TPSA) is 39.1 Å². The van der Waals surface area contributed by atoms with Gasteiger partial charge in [-0.2, -0.15) is 0 Å². The summed E-state index contributed by atoms with van der Waals surface area (Å²) in [6.45, 7) is 13.6. The van der Waals surface area contributed by atoms with Crippen LogP contribution in [-0.4, -0.2) is 32.7 Å². The van der Waals surface area contributed by atoms with E-state index in [0.717, 1.165) is 17.5 Å². The van der Waals surface area contributed by atoms with E-state index in [0.29, 0.717) is 11.5 Å². The smallest absolute Gasteiger partial charge is 0.336 e. The summed E-state index contributed by atoms with van der Waals surface area (Å²) in [5.41, 5.74) is 2.91. The molecule has 1 aliphatic rings. The van der Waals surface area contributed by atoms with Gasteiger partial charge in [-0.1, -0.05) is 19.9 Å². The first-order valence-corrected chi connectivity index (χ1v) is 8.80. The summed E-state index contributed by atoms with van der Waals surface area (Å²) in [6.07, 6.45) is 0. The minimum atomic E-state index is -0.234. The number of quaternary nitrogens is 2. The van der Waals surface area contributed by atoms with Crippen molar-refractivity contribution in [3.8, 4) is 0 Å². The molecule has 0 atom stereocenters. The SMILES string of the molecule is CC[NH+]1CC[NH+](Cc2cc(=O)oc3ccc(C(C)C)cc23)CC1.[Cl-].[Cl-]. The third-order valence-electron chi connectivity index (χ3n) is 5.12. The molecule has 1 saturated heterocycles. The van der Waals surface area contributed by atoms with Crippen LogP contribution in [0.15, 0.2) is 33.5 Å². The van der Waals surface area contributed by atoms with Crippen LogP contribution in [0.3, 0.4) is 0 Å². The largest absolute Gasteiger partial charge is 1.00 e. The summed E-state index contributed by atoms with van der Waals surface area (Å²) in [5, 5.41) is 1.11. The third-order valence-corrected chi connectivity index (χ3v) is 5.12. The first-order chi connectivity index (χ1) is 11.1. The van der Waals surface area contributed by atoms with Crippen molar-refractivity contribution in [2.45, 2.75) is 33.2 Å². The second-order valence-corrected chi connectivity index (χ2v) is 7.03. The Labute approximate surface area is 162 Å². The maximum absolute atomic E-state index is 11.9. The molecule has 1 aromatic heterocycles. The minimum Gasteiger partial charge on any atom is -1.00 e. The molecule has 0 spiro atoms. The number of hydrogen-bond acceptors (Lipinski definition) is 2. The minimum absolute atomic E-state index is 0. The van der Waals surface area contributed by atoms with E-state index in [2.05, 4.69) is 32.9 Å². The molecule has 25 heavy (non-hydrogen) atoms. The first-order valence-electron chi connectivity index (χ1n) is 8.80. The van der Waals surface area contributed by atoms with Crippen molar-refractivity contribution in [1.29, 1.82) is 0 Å². The molecule has 0 bridgehead atoms. The quantitative estimate of drug-likeness (QED) is 0.514. The van der Waals surface area contributed by atoms with E-state index in [1.165, 1.54) is 38.3 Å². The van der Waals surface area contributed by atoms with Crippen molar-refractivity contribution in [1.82, 2.24) is 0 Å². The Kier molecular flexibility index (Phi) is 8.42. The number of halogens is 2. The van der Waals surface area contributed by atoms with Gasteiger partial charge in [0, 0.05) is 17.0 Å². The second-order valence-electron chi connectivity index (χ2n) is 7.03. The lowest BCUT2D eigenvalue weighted by Gasteiger charge is -2.29. The molecule has 4 nitrogen and oxygen atoms in total. The van der Waals surface area contributed by atoms with E-state index in [1.807, 2.05) is 6.07 Å². The molecule has 0 saturated carbocycles. The van der Waals surface area contributed by atoms with Gasteiger partial charge in [0.2, 0.25) is 0 Å². The zero-order valence-electron chi connectivity index (χ0n) is 15.2. The van der Waals surface area contributed by atoms with Crippen molar-refractivity contribution in [2.75, 3.05) is 32.7 Å². The average molecular weight is 387 g/mol. The van der Waals surface area contributed by atoms with E-state index < -0.39 is 0 Å². The third kappa shape index (κ3) is 5.20. The average Bonchev–Trinajstić information content (AvgIpc) is 2.55. The lowest BCUT2D eigenvalue weighted by molar-refractivity contribution is -1.02. The Bertz CT molecular complexity index is 738.